The van der Waals surface area contributed by atoms with E-state index < -0.39 is 17.8 Å². The van der Waals surface area contributed by atoms with E-state index in [1.165, 1.54) is 0 Å². The molecular weight excluding hydrogens is 259 g/mol. The Hall–Kier alpha value is -1.02. The quantitative estimate of drug-likeness (QED) is 0.800. The van der Waals surface area contributed by atoms with Crippen molar-refractivity contribution in [3.05, 3.63) is 33.5 Å². The van der Waals surface area contributed by atoms with Gasteiger partial charge in [0.05, 0.1) is 12.5 Å². The predicted octanol–water partition coefficient (Wildman–Crippen LogP) is 3.59. The zero-order chi connectivity index (χ0) is 10.7. The second kappa shape index (κ2) is 4.47. The van der Waals surface area contributed by atoms with Gasteiger partial charge in [0.25, 0.3) is 6.43 Å². The van der Waals surface area contributed by atoms with Crippen molar-refractivity contribution in [3.63, 3.8) is 0 Å². The summed E-state index contributed by atoms with van der Waals surface area (Å²) in [6.45, 7) is 0. The summed E-state index contributed by atoms with van der Waals surface area (Å²) in [6.07, 6.45) is -3.12. The molecule has 0 heterocycles. The third-order valence-corrected chi connectivity index (χ3v) is 2.14. The number of hydrogen-bond donors (Lipinski definition) is 0. The van der Waals surface area contributed by atoms with Crippen LogP contribution >= 0.6 is 15.9 Å². The Labute approximate surface area is 87.3 Å². The predicted molar refractivity (Wildman–Crippen MR) is 48.4 cm³/mol. The molecule has 0 bridgehead atoms. The molecule has 0 aliphatic carbocycles. The van der Waals surface area contributed by atoms with E-state index in [4.69, 9.17) is 5.26 Å². The summed E-state index contributed by atoms with van der Waals surface area (Å²) in [6, 6.07) is 3.84. The van der Waals surface area contributed by atoms with Gasteiger partial charge in [0, 0.05) is 15.6 Å². The van der Waals surface area contributed by atoms with E-state index in [1.54, 1.807) is 6.07 Å². The molecule has 1 rings (SSSR count). The molecule has 0 saturated heterocycles. The van der Waals surface area contributed by atoms with Crippen LogP contribution in [0, 0.1) is 17.1 Å². The first-order valence-electron chi connectivity index (χ1n) is 3.69. The van der Waals surface area contributed by atoms with E-state index >= 15 is 0 Å². The van der Waals surface area contributed by atoms with E-state index in [1.807, 2.05) is 0 Å². The molecule has 0 N–H and O–H groups in total. The van der Waals surface area contributed by atoms with E-state index in [0.717, 1.165) is 12.1 Å². The number of rotatable bonds is 2. The zero-order valence-electron chi connectivity index (χ0n) is 6.90. The molecule has 0 spiro atoms. The van der Waals surface area contributed by atoms with Crippen LogP contribution in [-0.4, -0.2) is 0 Å². The lowest BCUT2D eigenvalue weighted by Crippen LogP contribution is -1.98. The number of nitrogens with zero attached hydrogens (tertiary/aromatic N) is 1. The van der Waals surface area contributed by atoms with E-state index in [0.29, 0.717) is 0 Å². The SMILES string of the molecule is N#CCc1c(F)cc(Br)cc1C(F)F. The minimum Gasteiger partial charge on any atom is -0.207 e. The van der Waals surface area contributed by atoms with Crippen LogP contribution in [0.2, 0.25) is 0 Å². The first-order valence-corrected chi connectivity index (χ1v) is 4.48. The Bertz CT molecular complexity index is 384. The van der Waals surface area contributed by atoms with Gasteiger partial charge in [-0.1, -0.05) is 15.9 Å². The molecule has 0 unspecified atom stereocenters. The molecular formula is C9H5BrF3N. The van der Waals surface area contributed by atoms with Crippen molar-refractivity contribution in [2.24, 2.45) is 0 Å². The maximum Gasteiger partial charge on any atom is 0.264 e. The van der Waals surface area contributed by atoms with Gasteiger partial charge in [0.2, 0.25) is 0 Å². The lowest BCUT2D eigenvalue weighted by molar-refractivity contribution is 0.149. The fraction of sp³-hybridized carbons (Fsp3) is 0.222. The van der Waals surface area contributed by atoms with Gasteiger partial charge in [-0.3, -0.25) is 0 Å². The van der Waals surface area contributed by atoms with Gasteiger partial charge in [-0.25, -0.2) is 13.2 Å². The first-order chi connectivity index (χ1) is 6.56. The van der Waals surface area contributed by atoms with E-state index in [9.17, 15) is 13.2 Å². The summed E-state index contributed by atoms with van der Waals surface area (Å²) in [5.74, 6) is -0.781. The Morgan fingerprint density at radius 3 is 2.57 bits per heavy atom. The molecule has 1 nitrogen and oxygen atoms in total. The summed E-state index contributed by atoms with van der Waals surface area (Å²) >= 11 is 2.91. The molecule has 0 amide bonds. The van der Waals surface area contributed by atoms with Crippen molar-refractivity contribution in [3.8, 4) is 6.07 Å². The number of alkyl halides is 2. The van der Waals surface area contributed by atoms with E-state index in [-0.39, 0.29) is 16.5 Å². The Morgan fingerprint density at radius 1 is 1.43 bits per heavy atom. The molecule has 0 aliphatic rings. The van der Waals surface area contributed by atoms with Crippen molar-refractivity contribution in [1.29, 1.82) is 5.26 Å². The molecule has 0 fully saturated rings. The average molecular weight is 264 g/mol. The van der Waals surface area contributed by atoms with Crippen molar-refractivity contribution < 1.29 is 13.2 Å². The molecule has 1 aromatic rings. The molecule has 0 atom stereocenters. The van der Waals surface area contributed by atoms with Crippen molar-refractivity contribution in [1.82, 2.24) is 0 Å². The highest BCUT2D eigenvalue weighted by atomic mass is 79.9. The minimum atomic E-state index is -2.77. The minimum absolute atomic E-state index is 0.231. The van der Waals surface area contributed by atoms with Gasteiger partial charge in [0.1, 0.15) is 5.82 Å². The number of halogens is 4. The van der Waals surface area contributed by atoms with Gasteiger partial charge >= 0.3 is 0 Å². The fourth-order valence-corrected chi connectivity index (χ4v) is 1.53. The second-order valence-corrected chi connectivity index (χ2v) is 3.51. The van der Waals surface area contributed by atoms with Crippen LogP contribution in [0.1, 0.15) is 17.6 Å². The Kier molecular flexibility index (Phi) is 3.53. The van der Waals surface area contributed by atoms with Crippen molar-refractivity contribution in [2.45, 2.75) is 12.8 Å². The standard InChI is InChI=1S/C9H5BrF3N/c10-5-3-7(9(12)13)6(1-2-14)8(11)4-5/h3-4,9H,1H2. The molecule has 0 aromatic heterocycles. The topological polar surface area (TPSA) is 23.8 Å². The molecule has 74 valence electrons. The van der Waals surface area contributed by atoms with Gasteiger partial charge in [0.15, 0.2) is 0 Å². The van der Waals surface area contributed by atoms with Crippen LogP contribution in [0.15, 0.2) is 16.6 Å². The lowest BCUT2D eigenvalue weighted by Gasteiger charge is -2.07. The normalized spacial score (nSPS) is 10.3. The molecule has 1 aromatic carbocycles. The third kappa shape index (κ3) is 2.26. The van der Waals surface area contributed by atoms with Crippen LogP contribution in [0.3, 0.4) is 0 Å². The van der Waals surface area contributed by atoms with Crippen LogP contribution in [0.25, 0.3) is 0 Å². The van der Waals surface area contributed by atoms with Crippen molar-refractivity contribution in [2.75, 3.05) is 0 Å². The Morgan fingerprint density at radius 2 is 2.07 bits per heavy atom. The summed E-state index contributed by atoms with van der Waals surface area (Å²) in [7, 11) is 0. The number of hydrogen-bond acceptors (Lipinski definition) is 1. The fourth-order valence-electron chi connectivity index (χ4n) is 1.08. The van der Waals surface area contributed by atoms with Gasteiger partial charge in [-0.2, -0.15) is 5.26 Å². The number of benzene rings is 1. The average Bonchev–Trinajstić information content (AvgIpc) is 2.09. The monoisotopic (exact) mass is 263 g/mol. The molecule has 0 aliphatic heterocycles. The second-order valence-electron chi connectivity index (χ2n) is 2.59. The largest absolute Gasteiger partial charge is 0.264 e. The third-order valence-electron chi connectivity index (χ3n) is 1.69. The van der Waals surface area contributed by atoms with Gasteiger partial charge < -0.3 is 0 Å². The molecule has 0 saturated carbocycles. The van der Waals surface area contributed by atoms with Crippen molar-refractivity contribution >= 4 is 15.9 Å². The molecule has 0 radical (unpaired) electrons. The molecule has 14 heavy (non-hydrogen) atoms. The van der Waals surface area contributed by atoms with Crippen LogP contribution < -0.4 is 0 Å². The smallest absolute Gasteiger partial charge is 0.207 e. The van der Waals surface area contributed by atoms with Crippen LogP contribution in [0.5, 0.6) is 0 Å². The van der Waals surface area contributed by atoms with Crippen LogP contribution in [-0.2, 0) is 6.42 Å². The zero-order valence-corrected chi connectivity index (χ0v) is 8.48. The Balaban J connectivity index is 3.30. The van der Waals surface area contributed by atoms with E-state index in [2.05, 4.69) is 15.9 Å². The van der Waals surface area contributed by atoms with Crippen LogP contribution in [0.4, 0.5) is 13.2 Å². The van der Waals surface area contributed by atoms with Gasteiger partial charge in [-0.15, -0.1) is 0 Å². The maximum atomic E-state index is 13.1. The van der Waals surface area contributed by atoms with Gasteiger partial charge in [-0.05, 0) is 12.1 Å². The highest BCUT2D eigenvalue weighted by molar-refractivity contribution is 9.10. The number of nitriles is 1. The first kappa shape index (κ1) is 11.1. The summed E-state index contributed by atoms with van der Waals surface area (Å²) in [5.41, 5.74) is -0.663. The summed E-state index contributed by atoms with van der Waals surface area (Å²) < 4.78 is 38.2. The highest BCUT2D eigenvalue weighted by Gasteiger charge is 2.17. The summed E-state index contributed by atoms with van der Waals surface area (Å²) in [4.78, 5) is 0. The lowest BCUT2D eigenvalue weighted by atomic mass is 10.0. The summed E-state index contributed by atoms with van der Waals surface area (Å²) in [5, 5.41) is 8.35. The highest BCUT2D eigenvalue weighted by Crippen LogP contribution is 2.28. The maximum absolute atomic E-state index is 13.1. The molecule has 5 heteroatoms.